The van der Waals surface area contributed by atoms with E-state index in [-0.39, 0.29) is 42.9 Å². The molecule has 1 heterocycles. The number of nitrogens with zero attached hydrogens (tertiary/aromatic N) is 1. The number of imide groups is 1. The number of hydrogen-bond acceptors (Lipinski definition) is 6. The summed E-state index contributed by atoms with van der Waals surface area (Å²) in [5.74, 6) is -2.14. The number of carboxylic acid groups (broad SMARTS) is 1. The maximum Gasteiger partial charge on any atom is 0.335 e. The molecule has 2 amide bonds. The summed E-state index contributed by atoms with van der Waals surface area (Å²) in [4.78, 5) is 39.0. The molecule has 174 valence electrons. The number of anilines is 1. The van der Waals surface area contributed by atoms with Gasteiger partial charge in [-0.3, -0.25) is 9.59 Å². The number of methoxy groups -OCH3 is 1. The normalized spacial score (nSPS) is 13.2. The van der Waals surface area contributed by atoms with Gasteiger partial charge in [0.15, 0.2) is 0 Å². The van der Waals surface area contributed by atoms with Crippen molar-refractivity contribution in [2.75, 3.05) is 12.0 Å². The van der Waals surface area contributed by atoms with E-state index >= 15 is 0 Å². The van der Waals surface area contributed by atoms with Gasteiger partial charge in [-0.25, -0.2) is 18.1 Å². The molecule has 0 unspecified atom stereocenters. The number of amides is 2. The Labute approximate surface area is 199 Å². The Balaban J connectivity index is 1.72. The maximum absolute atomic E-state index is 13.5. The fraction of sp³-hybridized carbons (Fsp3) is 0.0385. The molecule has 0 atom stereocenters. The number of rotatable bonds is 5. The van der Waals surface area contributed by atoms with Gasteiger partial charge in [0.05, 0.1) is 28.2 Å². The second-order valence-electron chi connectivity index (χ2n) is 7.79. The van der Waals surface area contributed by atoms with Gasteiger partial charge in [0.1, 0.15) is 5.75 Å². The first kappa shape index (κ1) is 22.3. The Bertz CT molecular complexity index is 1650. The van der Waals surface area contributed by atoms with Crippen molar-refractivity contribution < 1.29 is 32.6 Å². The third kappa shape index (κ3) is 3.36. The van der Waals surface area contributed by atoms with E-state index in [2.05, 4.69) is 0 Å². The summed E-state index contributed by atoms with van der Waals surface area (Å²) in [6.45, 7) is 0. The average Bonchev–Trinajstić information content (AvgIpc) is 2.87. The van der Waals surface area contributed by atoms with Gasteiger partial charge in [-0.2, -0.15) is 0 Å². The first-order chi connectivity index (χ1) is 16.8. The Morgan fingerprint density at radius 3 is 2.26 bits per heavy atom. The van der Waals surface area contributed by atoms with Gasteiger partial charge in [0, 0.05) is 21.9 Å². The predicted molar refractivity (Wildman–Crippen MR) is 127 cm³/mol. The van der Waals surface area contributed by atoms with Gasteiger partial charge < -0.3 is 9.84 Å². The number of aromatic carboxylic acids is 1. The van der Waals surface area contributed by atoms with Gasteiger partial charge in [-0.05, 0) is 48.5 Å². The molecule has 0 radical (unpaired) electrons. The average molecular weight is 487 g/mol. The van der Waals surface area contributed by atoms with E-state index in [1.807, 2.05) is 0 Å². The van der Waals surface area contributed by atoms with Crippen molar-refractivity contribution in [2.45, 2.75) is 9.79 Å². The van der Waals surface area contributed by atoms with Crippen LogP contribution in [0.1, 0.15) is 31.1 Å². The van der Waals surface area contributed by atoms with Gasteiger partial charge in [0.25, 0.3) is 11.8 Å². The second kappa shape index (κ2) is 8.07. The number of carbonyl (C=O) groups excluding carboxylic acids is 2. The fourth-order valence-electron chi connectivity index (χ4n) is 4.26. The largest absolute Gasteiger partial charge is 0.495 e. The highest BCUT2D eigenvalue weighted by atomic mass is 32.2. The van der Waals surface area contributed by atoms with Crippen LogP contribution in [-0.2, 0) is 9.84 Å². The van der Waals surface area contributed by atoms with E-state index < -0.39 is 27.6 Å². The molecule has 8 nitrogen and oxygen atoms in total. The number of sulfone groups is 1. The van der Waals surface area contributed by atoms with Crippen molar-refractivity contribution in [3.8, 4) is 5.75 Å². The fourth-order valence-corrected chi connectivity index (χ4v) is 5.76. The molecule has 9 heteroatoms. The zero-order valence-corrected chi connectivity index (χ0v) is 19.1. The molecule has 1 N–H and O–H groups in total. The molecule has 0 saturated heterocycles. The van der Waals surface area contributed by atoms with E-state index in [1.165, 1.54) is 49.6 Å². The summed E-state index contributed by atoms with van der Waals surface area (Å²) in [5.41, 5.74) is 0.431. The van der Waals surface area contributed by atoms with E-state index in [0.717, 1.165) is 11.0 Å². The summed E-state index contributed by atoms with van der Waals surface area (Å²) in [6.07, 6.45) is 0. The summed E-state index contributed by atoms with van der Waals surface area (Å²) in [6, 6.07) is 18.9. The minimum atomic E-state index is -4.17. The van der Waals surface area contributed by atoms with Crippen molar-refractivity contribution in [3.63, 3.8) is 0 Å². The molecule has 0 bridgehead atoms. The van der Waals surface area contributed by atoms with Crippen LogP contribution in [0.5, 0.6) is 5.75 Å². The van der Waals surface area contributed by atoms with Crippen molar-refractivity contribution in [1.82, 2.24) is 0 Å². The van der Waals surface area contributed by atoms with Crippen molar-refractivity contribution in [2.24, 2.45) is 0 Å². The second-order valence-corrected chi connectivity index (χ2v) is 9.71. The highest BCUT2D eigenvalue weighted by molar-refractivity contribution is 7.91. The van der Waals surface area contributed by atoms with E-state index in [1.54, 1.807) is 30.3 Å². The van der Waals surface area contributed by atoms with Crippen LogP contribution in [-0.4, -0.2) is 38.4 Å². The minimum Gasteiger partial charge on any atom is -0.495 e. The molecule has 0 spiro atoms. The molecule has 0 saturated carbocycles. The monoisotopic (exact) mass is 487 g/mol. The standard InChI is InChI=1S/C26H17NO7S/c1-34-21-11-3-2-10-20(21)27-24(28)18-9-5-8-17-22(13-12-19(23(17)18)25(27)29)35(32,33)16-7-4-6-15(14-16)26(30)31/h2-14H,1H3,(H,30,31). The van der Waals surface area contributed by atoms with Gasteiger partial charge in [0.2, 0.25) is 9.84 Å². The molecule has 1 aliphatic rings. The predicted octanol–water partition coefficient (Wildman–Crippen LogP) is 4.18. The van der Waals surface area contributed by atoms with E-state index in [4.69, 9.17) is 4.74 Å². The van der Waals surface area contributed by atoms with E-state index in [9.17, 15) is 27.9 Å². The summed E-state index contributed by atoms with van der Waals surface area (Å²) < 4.78 is 32.3. The van der Waals surface area contributed by atoms with Crippen molar-refractivity contribution in [1.29, 1.82) is 0 Å². The Morgan fingerprint density at radius 1 is 0.857 bits per heavy atom. The third-order valence-corrected chi connectivity index (χ3v) is 7.68. The van der Waals surface area contributed by atoms with E-state index in [0.29, 0.717) is 5.75 Å². The van der Waals surface area contributed by atoms with Crippen LogP contribution >= 0.6 is 0 Å². The Morgan fingerprint density at radius 2 is 1.54 bits per heavy atom. The Hall–Kier alpha value is -4.50. The van der Waals surface area contributed by atoms with Crippen LogP contribution in [0.25, 0.3) is 10.8 Å². The van der Waals surface area contributed by atoms with Crippen molar-refractivity contribution in [3.05, 3.63) is 95.6 Å². The summed E-state index contributed by atoms with van der Waals surface area (Å²) >= 11 is 0. The lowest BCUT2D eigenvalue weighted by Crippen LogP contribution is -2.40. The Kier molecular flexibility index (Phi) is 5.14. The first-order valence-electron chi connectivity index (χ1n) is 10.4. The maximum atomic E-state index is 13.5. The molecule has 1 aliphatic heterocycles. The molecule has 0 fully saturated rings. The zero-order chi connectivity index (χ0) is 24.9. The number of carboxylic acids is 1. The summed E-state index contributed by atoms with van der Waals surface area (Å²) in [7, 11) is -2.74. The minimum absolute atomic E-state index is 0.132. The molecular formula is C26H17NO7S. The third-order valence-electron chi connectivity index (χ3n) is 5.87. The van der Waals surface area contributed by atoms with Gasteiger partial charge in [-0.15, -0.1) is 0 Å². The number of ether oxygens (including phenoxy) is 1. The van der Waals surface area contributed by atoms with Crippen LogP contribution in [0.3, 0.4) is 0 Å². The molecule has 5 rings (SSSR count). The van der Waals surface area contributed by atoms with Crippen molar-refractivity contribution >= 4 is 44.1 Å². The highest BCUT2D eigenvalue weighted by Crippen LogP contribution is 2.39. The number of carbonyl (C=O) groups is 3. The van der Waals surface area contributed by atoms with Gasteiger partial charge in [-0.1, -0.05) is 30.3 Å². The SMILES string of the molecule is COc1ccccc1N1C(=O)c2cccc3c(S(=O)(=O)c4cccc(C(=O)O)c4)ccc(c23)C1=O. The quantitative estimate of drug-likeness (QED) is 0.420. The van der Waals surface area contributed by atoms with Crippen LogP contribution < -0.4 is 9.64 Å². The molecule has 35 heavy (non-hydrogen) atoms. The number of hydrogen-bond donors (Lipinski definition) is 1. The lowest BCUT2D eigenvalue weighted by Gasteiger charge is -2.28. The smallest absolute Gasteiger partial charge is 0.335 e. The lowest BCUT2D eigenvalue weighted by atomic mass is 9.93. The molecular weight excluding hydrogens is 470 g/mol. The zero-order valence-electron chi connectivity index (χ0n) is 18.3. The number of benzene rings is 4. The topological polar surface area (TPSA) is 118 Å². The first-order valence-corrected chi connectivity index (χ1v) is 11.9. The molecule has 0 aliphatic carbocycles. The molecule has 0 aromatic heterocycles. The van der Waals surface area contributed by atoms with Crippen LogP contribution in [0.4, 0.5) is 5.69 Å². The lowest BCUT2D eigenvalue weighted by molar-refractivity contribution is 0.0695. The van der Waals surface area contributed by atoms with Crippen LogP contribution in [0.2, 0.25) is 0 Å². The molecule has 4 aromatic carbocycles. The van der Waals surface area contributed by atoms with Crippen LogP contribution in [0.15, 0.2) is 88.7 Å². The molecule has 4 aromatic rings. The highest BCUT2D eigenvalue weighted by Gasteiger charge is 2.37. The number of para-hydroxylation sites is 2. The van der Waals surface area contributed by atoms with Gasteiger partial charge >= 0.3 is 5.97 Å². The van der Waals surface area contributed by atoms with Crippen LogP contribution in [0, 0.1) is 0 Å². The summed E-state index contributed by atoms with van der Waals surface area (Å²) in [5, 5.41) is 9.68.